The summed E-state index contributed by atoms with van der Waals surface area (Å²) in [6.45, 7) is 4.20. The van der Waals surface area contributed by atoms with Gasteiger partial charge in [-0.25, -0.2) is 4.79 Å². The van der Waals surface area contributed by atoms with Crippen LogP contribution in [0, 0.1) is 5.92 Å². The van der Waals surface area contributed by atoms with E-state index in [9.17, 15) is 9.90 Å². The molecule has 0 aliphatic heterocycles. The third-order valence-electron chi connectivity index (χ3n) is 2.81. The van der Waals surface area contributed by atoms with Gasteiger partial charge in [-0.1, -0.05) is 46.0 Å². The Balaban J connectivity index is 3.99. The quantitative estimate of drug-likeness (QED) is 0.583. The molecule has 90 valence electrons. The predicted molar refractivity (Wildman–Crippen MR) is 60.8 cm³/mol. The van der Waals surface area contributed by atoms with Crippen LogP contribution in [0.1, 0.15) is 58.8 Å². The number of hydrogen-bond acceptors (Lipinski definition) is 2. The van der Waals surface area contributed by atoms with Gasteiger partial charge in [-0.15, -0.1) is 0 Å². The second-order valence-corrected chi connectivity index (χ2v) is 4.18. The van der Waals surface area contributed by atoms with E-state index in [1.165, 1.54) is 0 Å². The Bertz CT molecular complexity index is 168. The first-order chi connectivity index (χ1) is 7.13. The maximum atomic E-state index is 10.7. The highest BCUT2D eigenvalue weighted by molar-refractivity contribution is 5.72. The van der Waals surface area contributed by atoms with Crippen molar-refractivity contribution in [2.75, 3.05) is 0 Å². The van der Waals surface area contributed by atoms with E-state index < -0.39 is 12.1 Å². The summed E-state index contributed by atoms with van der Waals surface area (Å²) in [5.41, 5.74) is 0. The van der Waals surface area contributed by atoms with E-state index in [0.29, 0.717) is 0 Å². The van der Waals surface area contributed by atoms with Crippen LogP contribution in [0.4, 0.5) is 0 Å². The number of unbranched alkanes of at least 4 members (excludes halogenated alkanes) is 3. The van der Waals surface area contributed by atoms with Crippen LogP contribution in [-0.2, 0) is 4.79 Å². The van der Waals surface area contributed by atoms with E-state index in [-0.39, 0.29) is 5.92 Å². The third-order valence-corrected chi connectivity index (χ3v) is 2.81. The van der Waals surface area contributed by atoms with Crippen molar-refractivity contribution in [1.29, 1.82) is 0 Å². The molecule has 0 saturated carbocycles. The number of rotatable bonds is 9. The molecule has 0 aliphatic rings. The Hall–Kier alpha value is -0.570. The zero-order valence-corrected chi connectivity index (χ0v) is 9.91. The van der Waals surface area contributed by atoms with Crippen LogP contribution >= 0.6 is 0 Å². The molecular weight excluding hydrogens is 192 g/mol. The van der Waals surface area contributed by atoms with Crippen LogP contribution in [0.5, 0.6) is 0 Å². The number of carboxylic acids is 1. The fourth-order valence-corrected chi connectivity index (χ4v) is 1.78. The minimum absolute atomic E-state index is 0.0611. The number of aliphatic carboxylic acids is 1. The second-order valence-electron chi connectivity index (χ2n) is 4.18. The normalized spacial score (nSPS) is 14.9. The average molecular weight is 216 g/mol. The van der Waals surface area contributed by atoms with Crippen molar-refractivity contribution in [3.63, 3.8) is 0 Å². The first-order valence-electron chi connectivity index (χ1n) is 6.04. The summed E-state index contributed by atoms with van der Waals surface area (Å²) in [7, 11) is 0. The van der Waals surface area contributed by atoms with Crippen molar-refractivity contribution in [3.05, 3.63) is 0 Å². The van der Waals surface area contributed by atoms with Crippen molar-refractivity contribution in [2.24, 2.45) is 5.92 Å². The molecule has 2 unspecified atom stereocenters. The highest BCUT2D eigenvalue weighted by Gasteiger charge is 2.24. The van der Waals surface area contributed by atoms with E-state index in [1.807, 2.05) is 0 Å². The monoisotopic (exact) mass is 216 g/mol. The molecule has 0 aromatic heterocycles. The Morgan fingerprint density at radius 3 is 2.07 bits per heavy atom. The standard InChI is InChI=1S/C12H24O3/c1-3-5-7-9-10(8-6-4-2)11(13)12(14)15/h10-11,13H,3-9H2,1-2H3,(H,14,15). The average Bonchev–Trinajstić information content (AvgIpc) is 2.22. The van der Waals surface area contributed by atoms with Gasteiger partial charge in [0.25, 0.3) is 0 Å². The predicted octanol–water partition coefficient (Wildman–Crippen LogP) is 2.82. The molecule has 0 rings (SSSR count). The maximum absolute atomic E-state index is 10.7. The van der Waals surface area contributed by atoms with Crippen LogP contribution in [0.15, 0.2) is 0 Å². The largest absolute Gasteiger partial charge is 0.479 e. The van der Waals surface area contributed by atoms with Crippen LogP contribution in [0.25, 0.3) is 0 Å². The molecule has 0 heterocycles. The smallest absolute Gasteiger partial charge is 0.332 e. The summed E-state index contributed by atoms with van der Waals surface area (Å²) in [5, 5.41) is 18.3. The van der Waals surface area contributed by atoms with Gasteiger partial charge >= 0.3 is 5.97 Å². The van der Waals surface area contributed by atoms with E-state index in [2.05, 4.69) is 13.8 Å². The molecule has 0 aliphatic carbocycles. The molecule has 3 heteroatoms. The van der Waals surface area contributed by atoms with E-state index >= 15 is 0 Å². The molecule has 0 radical (unpaired) electrons. The molecule has 2 atom stereocenters. The molecule has 15 heavy (non-hydrogen) atoms. The van der Waals surface area contributed by atoms with Gasteiger partial charge in [0.05, 0.1) is 0 Å². The summed E-state index contributed by atoms with van der Waals surface area (Å²) >= 11 is 0. The third kappa shape index (κ3) is 6.50. The van der Waals surface area contributed by atoms with Gasteiger partial charge in [0.2, 0.25) is 0 Å². The van der Waals surface area contributed by atoms with Crippen molar-refractivity contribution in [1.82, 2.24) is 0 Å². The second kappa shape index (κ2) is 8.72. The Morgan fingerprint density at radius 1 is 1.07 bits per heavy atom. The minimum Gasteiger partial charge on any atom is -0.479 e. The highest BCUT2D eigenvalue weighted by atomic mass is 16.4. The summed E-state index contributed by atoms with van der Waals surface area (Å²) < 4.78 is 0. The SMILES string of the molecule is CCCCCC(CCCC)C(O)C(=O)O. The molecular formula is C12H24O3. The first-order valence-corrected chi connectivity index (χ1v) is 6.04. The molecule has 0 spiro atoms. The van der Waals surface area contributed by atoms with Crippen molar-refractivity contribution in [3.8, 4) is 0 Å². The molecule has 0 bridgehead atoms. The lowest BCUT2D eigenvalue weighted by Gasteiger charge is -2.19. The van der Waals surface area contributed by atoms with Crippen molar-refractivity contribution < 1.29 is 15.0 Å². The molecule has 0 fully saturated rings. The summed E-state index contributed by atoms with van der Waals surface area (Å²) in [6, 6.07) is 0. The van der Waals surface area contributed by atoms with Crippen LogP contribution in [0.3, 0.4) is 0 Å². The van der Waals surface area contributed by atoms with Gasteiger partial charge in [0.15, 0.2) is 6.10 Å². The number of carbonyl (C=O) groups is 1. The van der Waals surface area contributed by atoms with Gasteiger partial charge in [0.1, 0.15) is 0 Å². The van der Waals surface area contributed by atoms with Crippen molar-refractivity contribution in [2.45, 2.75) is 64.9 Å². The number of aliphatic hydroxyl groups excluding tert-OH is 1. The topological polar surface area (TPSA) is 57.5 Å². The zero-order chi connectivity index (χ0) is 11.7. The van der Waals surface area contributed by atoms with Crippen molar-refractivity contribution >= 4 is 5.97 Å². The van der Waals surface area contributed by atoms with Gasteiger partial charge in [-0.2, -0.15) is 0 Å². The molecule has 0 amide bonds. The fourth-order valence-electron chi connectivity index (χ4n) is 1.78. The maximum Gasteiger partial charge on any atom is 0.332 e. The van der Waals surface area contributed by atoms with E-state index in [4.69, 9.17) is 5.11 Å². The minimum atomic E-state index is -1.17. The zero-order valence-electron chi connectivity index (χ0n) is 9.91. The lowest BCUT2D eigenvalue weighted by molar-refractivity contribution is -0.150. The Kier molecular flexibility index (Phi) is 8.38. The van der Waals surface area contributed by atoms with Gasteiger partial charge in [0, 0.05) is 0 Å². The van der Waals surface area contributed by atoms with Crippen LogP contribution in [-0.4, -0.2) is 22.3 Å². The first kappa shape index (κ1) is 14.4. The molecule has 0 aromatic rings. The number of hydrogen-bond donors (Lipinski definition) is 2. The highest BCUT2D eigenvalue weighted by Crippen LogP contribution is 2.20. The summed E-state index contributed by atoms with van der Waals surface area (Å²) in [4.78, 5) is 10.7. The summed E-state index contributed by atoms with van der Waals surface area (Å²) in [5.74, 6) is -1.14. The Labute approximate surface area is 92.5 Å². The fraction of sp³-hybridized carbons (Fsp3) is 0.917. The van der Waals surface area contributed by atoms with Gasteiger partial charge in [-0.05, 0) is 18.8 Å². The Morgan fingerprint density at radius 2 is 1.60 bits per heavy atom. The molecule has 0 saturated heterocycles. The van der Waals surface area contributed by atoms with Gasteiger partial charge < -0.3 is 10.2 Å². The lowest BCUT2D eigenvalue weighted by Crippen LogP contribution is -2.29. The van der Waals surface area contributed by atoms with E-state index in [0.717, 1.165) is 44.9 Å². The lowest BCUT2D eigenvalue weighted by atomic mass is 9.90. The van der Waals surface area contributed by atoms with Gasteiger partial charge in [-0.3, -0.25) is 0 Å². The molecule has 3 nitrogen and oxygen atoms in total. The summed E-state index contributed by atoms with van der Waals surface area (Å²) in [6.07, 6.45) is 5.81. The molecule has 2 N–H and O–H groups in total. The number of carboxylic acid groups (broad SMARTS) is 1. The molecule has 0 aromatic carbocycles. The number of aliphatic hydroxyl groups is 1. The van der Waals surface area contributed by atoms with Crippen LogP contribution in [0.2, 0.25) is 0 Å². The van der Waals surface area contributed by atoms with E-state index in [1.54, 1.807) is 0 Å². The van der Waals surface area contributed by atoms with Crippen LogP contribution < -0.4 is 0 Å².